The fourth-order valence-corrected chi connectivity index (χ4v) is 4.15. The minimum absolute atomic E-state index is 0.153. The summed E-state index contributed by atoms with van der Waals surface area (Å²) in [5, 5.41) is 18.9. The molecule has 54 heavy (non-hydrogen) atoms. The largest absolute Gasteiger partial charge is 0.269 e. The van der Waals surface area contributed by atoms with Crippen LogP contribution >= 0.6 is 23.2 Å². The first kappa shape index (κ1) is 46.5. The van der Waals surface area contributed by atoms with E-state index in [-0.39, 0.29) is 33.2 Å². The van der Waals surface area contributed by atoms with Crippen LogP contribution in [0.1, 0.15) is 38.9 Å². The second-order valence-corrected chi connectivity index (χ2v) is 12.4. The van der Waals surface area contributed by atoms with Crippen LogP contribution in [-0.4, -0.2) is 4.92 Å². The summed E-state index contributed by atoms with van der Waals surface area (Å²) in [4.78, 5) is 9.76. The Bertz CT molecular complexity index is 1980. The monoisotopic (exact) mass is 780 g/mol. The quantitative estimate of drug-likeness (QED) is 0.0948. The Morgan fingerprint density at radius 1 is 0.500 bits per heavy atom. The van der Waals surface area contributed by atoms with Crippen LogP contribution in [0.3, 0.4) is 0 Å². The maximum Gasteiger partial charge on any atom is 0.269 e. The number of rotatable bonds is 1. The lowest BCUT2D eigenvalue weighted by Gasteiger charge is -1.93. The number of halogens is 7. The molecule has 0 atom stereocenters. The number of hydrogen-bond acceptors (Lipinski definition) is 3. The van der Waals surface area contributed by atoms with Crippen molar-refractivity contribution < 1.29 is 26.9 Å². The molecule has 4 nitrogen and oxygen atoms in total. The van der Waals surface area contributed by atoms with Gasteiger partial charge in [-0.1, -0.05) is 83.4 Å². The Morgan fingerprint density at radius 2 is 0.963 bits per heavy atom. The van der Waals surface area contributed by atoms with Gasteiger partial charge in [0.1, 0.15) is 17.5 Å². The molecule has 0 saturated heterocycles. The van der Waals surface area contributed by atoms with Gasteiger partial charge in [0.05, 0.1) is 26.6 Å². The Hall–Kier alpha value is -5.56. The Balaban J connectivity index is 0.000000324. The minimum atomic E-state index is -0.791. The van der Waals surface area contributed by atoms with Gasteiger partial charge in [0.25, 0.3) is 5.69 Å². The van der Waals surface area contributed by atoms with E-state index in [4.69, 9.17) is 28.5 Å². The third-order valence-corrected chi connectivity index (χ3v) is 7.19. The standard InChI is InChI=1S/C8H7N.2C7H6ClF.C7H6F2.C7H7F.C7H7NO2/c1-7-3-2-4-8(5-7)6-9;1-5-2-3-7(9)6(8)4-5;2*1-5-2-3-6(8)7(9)4-5;1-6-2-4-7(8)5-3-6;1-6-3-2-4-7(5-6)8(9)10/h2-5H,1H3;3*2-4H,1H3;2-5H,1H3;2-5H,1H3. The van der Waals surface area contributed by atoms with Crippen molar-refractivity contribution in [3.63, 3.8) is 0 Å². The maximum atomic E-state index is 12.4. The smallest absolute Gasteiger partial charge is 0.258 e. The zero-order valence-electron chi connectivity index (χ0n) is 30.5. The van der Waals surface area contributed by atoms with Gasteiger partial charge >= 0.3 is 0 Å². The van der Waals surface area contributed by atoms with Crippen LogP contribution in [-0.2, 0) is 0 Å². The first-order valence-electron chi connectivity index (χ1n) is 16.1. The molecular formula is C43H39Cl2F5N2O2. The molecule has 0 aliphatic rings. The molecule has 0 heterocycles. The predicted molar refractivity (Wildman–Crippen MR) is 208 cm³/mol. The van der Waals surface area contributed by atoms with Gasteiger partial charge in [-0.3, -0.25) is 10.1 Å². The summed E-state index contributed by atoms with van der Waals surface area (Å²) in [5.41, 5.74) is 6.61. The van der Waals surface area contributed by atoms with Crippen molar-refractivity contribution in [1.82, 2.24) is 0 Å². The third-order valence-electron chi connectivity index (χ3n) is 6.60. The molecule has 282 valence electrons. The molecule has 6 aromatic carbocycles. The molecule has 0 aliphatic heterocycles. The van der Waals surface area contributed by atoms with E-state index in [0.29, 0.717) is 0 Å². The van der Waals surface area contributed by atoms with E-state index in [1.807, 2.05) is 58.9 Å². The van der Waals surface area contributed by atoms with Crippen LogP contribution in [0.25, 0.3) is 0 Å². The first-order valence-corrected chi connectivity index (χ1v) is 16.8. The van der Waals surface area contributed by atoms with E-state index in [9.17, 15) is 32.1 Å². The number of hydrogen-bond donors (Lipinski definition) is 0. The number of non-ortho nitro benzene ring substituents is 1. The molecule has 0 fully saturated rings. The third kappa shape index (κ3) is 19.9. The van der Waals surface area contributed by atoms with Crippen molar-refractivity contribution in [1.29, 1.82) is 5.26 Å². The molecule has 6 rings (SSSR count). The molecule has 0 radical (unpaired) electrons. The highest BCUT2D eigenvalue weighted by Crippen LogP contribution is 2.16. The summed E-state index contributed by atoms with van der Waals surface area (Å²) in [5.74, 6) is -2.45. The summed E-state index contributed by atoms with van der Waals surface area (Å²) in [7, 11) is 0. The second-order valence-electron chi connectivity index (χ2n) is 11.6. The van der Waals surface area contributed by atoms with Gasteiger partial charge < -0.3 is 0 Å². The summed E-state index contributed by atoms with van der Waals surface area (Å²) >= 11 is 10.8. The molecule has 0 aliphatic carbocycles. The van der Waals surface area contributed by atoms with Gasteiger partial charge in [-0.15, -0.1) is 0 Å². The van der Waals surface area contributed by atoms with Crippen LogP contribution in [0.15, 0.2) is 127 Å². The molecular weight excluding hydrogens is 742 g/mol. The van der Waals surface area contributed by atoms with Crippen LogP contribution in [0.4, 0.5) is 27.6 Å². The highest BCUT2D eigenvalue weighted by molar-refractivity contribution is 6.31. The van der Waals surface area contributed by atoms with Gasteiger partial charge in [-0.25, -0.2) is 22.0 Å². The lowest BCUT2D eigenvalue weighted by Crippen LogP contribution is -1.86. The Morgan fingerprint density at radius 3 is 1.33 bits per heavy atom. The van der Waals surface area contributed by atoms with E-state index in [1.54, 1.807) is 61.5 Å². The Kier molecular flexibility index (Phi) is 21.2. The number of nitrogens with zero attached hydrogens (tertiary/aromatic N) is 2. The van der Waals surface area contributed by atoms with E-state index < -0.39 is 16.6 Å². The molecule has 0 N–H and O–H groups in total. The van der Waals surface area contributed by atoms with Crippen LogP contribution in [0, 0.1) is 92.1 Å². The number of nitriles is 1. The molecule has 0 aromatic heterocycles. The summed E-state index contributed by atoms with van der Waals surface area (Å²) in [6.45, 7) is 11.1. The SMILES string of the molecule is Cc1ccc(Cl)c(F)c1.Cc1ccc(F)c(Cl)c1.Cc1ccc(F)c(F)c1.Cc1ccc(F)cc1.Cc1cccc(C#N)c1.Cc1cccc([N+](=O)[O-])c1. The molecule has 0 saturated carbocycles. The molecule has 11 heteroatoms. The average molecular weight is 782 g/mol. The minimum Gasteiger partial charge on any atom is -0.258 e. The van der Waals surface area contributed by atoms with Gasteiger partial charge in [-0.05, 0) is 130 Å². The molecule has 0 bridgehead atoms. The Labute approximate surface area is 323 Å². The van der Waals surface area contributed by atoms with Crippen LogP contribution in [0.2, 0.25) is 10.0 Å². The summed E-state index contributed by atoms with van der Waals surface area (Å²) in [6.07, 6.45) is 0. The fourth-order valence-electron chi connectivity index (χ4n) is 3.79. The number of nitro benzene ring substituents is 1. The summed E-state index contributed by atoms with van der Waals surface area (Å²) < 4.78 is 61.2. The van der Waals surface area contributed by atoms with E-state index in [2.05, 4.69) is 6.07 Å². The lowest BCUT2D eigenvalue weighted by molar-refractivity contribution is -0.384. The van der Waals surface area contributed by atoms with Gasteiger partial charge in [0, 0.05) is 12.1 Å². The first-order chi connectivity index (χ1) is 25.4. The van der Waals surface area contributed by atoms with Gasteiger partial charge in [-0.2, -0.15) is 5.26 Å². The second kappa shape index (κ2) is 24.6. The van der Waals surface area contributed by atoms with E-state index >= 15 is 0 Å². The van der Waals surface area contributed by atoms with Crippen molar-refractivity contribution in [3.05, 3.63) is 216 Å². The van der Waals surface area contributed by atoms with Gasteiger partial charge in [0.15, 0.2) is 11.6 Å². The van der Waals surface area contributed by atoms with Crippen molar-refractivity contribution in [3.8, 4) is 6.07 Å². The lowest BCUT2D eigenvalue weighted by atomic mass is 10.2. The normalized spacial score (nSPS) is 9.33. The number of aryl methyl sites for hydroxylation is 6. The molecule has 0 unspecified atom stereocenters. The van der Waals surface area contributed by atoms with Crippen LogP contribution < -0.4 is 0 Å². The van der Waals surface area contributed by atoms with Crippen molar-refractivity contribution in [2.75, 3.05) is 0 Å². The summed E-state index contributed by atoms with van der Waals surface area (Å²) in [6, 6.07) is 35.7. The fraction of sp³-hybridized carbons (Fsp3) is 0.140. The predicted octanol–water partition coefficient (Wildman–Crippen LogP) is 13.8. The molecule has 0 spiro atoms. The van der Waals surface area contributed by atoms with E-state index in [1.165, 1.54) is 36.4 Å². The highest BCUT2D eigenvalue weighted by Gasteiger charge is 2.02. The maximum absolute atomic E-state index is 12.4. The highest BCUT2D eigenvalue weighted by atomic mass is 35.5. The van der Waals surface area contributed by atoms with Crippen LogP contribution in [0.5, 0.6) is 0 Å². The molecule has 6 aromatic rings. The zero-order valence-corrected chi connectivity index (χ0v) is 32.0. The van der Waals surface area contributed by atoms with Crippen molar-refractivity contribution in [2.45, 2.75) is 41.5 Å². The number of nitro groups is 1. The van der Waals surface area contributed by atoms with E-state index in [0.717, 1.165) is 51.1 Å². The average Bonchev–Trinajstić information content (AvgIpc) is 3.13. The van der Waals surface area contributed by atoms with Crippen molar-refractivity contribution >= 4 is 28.9 Å². The number of benzene rings is 6. The van der Waals surface area contributed by atoms with Gasteiger partial charge in [0.2, 0.25) is 0 Å². The zero-order chi connectivity index (χ0) is 40.8. The molecule has 0 amide bonds. The topological polar surface area (TPSA) is 66.9 Å². The van der Waals surface area contributed by atoms with Crippen molar-refractivity contribution in [2.24, 2.45) is 0 Å².